The number of hydrogen-bond acceptors (Lipinski definition) is 2. The first kappa shape index (κ1) is 9.26. The van der Waals surface area contributed by atoms with Gasteiger partial charge in [0, 0.05) is 5.69 Å². The Labute approximate surface area is 73.2 Å². The molecule has 68 valence electrons. The quantitative estimate of drug-likeness (QED) is 0.733. The molecular weight excluding hydrogens is 152 g/mol. The van der Waals surface area contributed by atoms with Crippen LogP contribution in [0.3, 0.4) is 0 Å². The Hall–Kier alpha value is -0.830. The summed E-state index contributed by atoms with van der Waals surface area (Å²) in [5.74, 6) is 0. The molecule has 0 radical (unpaired) electrons. The first-order valence-corrected chi connectivity index (χ1v) is 4.12. The molecule has 0 amide bonds. The zero-order valence-electron chi connectivity index (χ0n) is 8.14. The van der Waals surface area contributed by atoms with Crippen LogP contribution in [0.2, 0.25) is 0 Å². The molecule has 3 nitrogen and oxygen atoms in total. The van der Waals surface area contributed by atoms with Crippen LogP contribution in [0.25, 0.3) is 0 Å². The molecule has 0 unspecified atom stereocenters. The minimum Gasteiger partial charge on any atom is -0.370 e. The molecule has 0 aromatic carbocycles. The van der Waals surface area contributed by atoms with Gasteiger partial charge in [-0.1, -0.05) is 0 Å². The highest BCUT2D eigenvalue weighted by Gasteiger charge is 2.11. The Morgan fingerprint density at radius 2 is 2.17 bits per heavy atom. The lowest BCUT2D eigenvalue weighted by Crippen LogP contribution is -2.19. The summed E-state index contributed by atoms with van der Waals surface area (Å²) in [5.41, 5.74) is 1.98. The number of nitrogens with zero attached hydrogens (tertiary/aromatic N) is 1. The highest BCUT2D eigenvalue weighted by atomic mass is 16.5. The van der Waals surface area contributed by atoms with Crippen LogP contribution in [0, 0.1) is 6.92 Å². The summed E-state index contributed by atoms with van der Waals surface area (Å²) < 4.78 is 5.57. The van der Waals surface area contributed by atoms with Gasteiger partial charge in [-0.2, -0.15) is 0 Å². The van der Waals surface area contributed by atoms with E-state index >= 15 is 0 Å². The molecule has 1 N–H and O–H groups in total. The van der Waals surface area contributed by atoms with Gasteiger partial charge in [-0.3, -0.25) is 0 Å². The first-order valence-electron chi connectivity index (χ1n) is 4.12. The molecule has 1 heterocycles. The van der Waals surface area contributed by atoms with Gasteiger partial charge in [-0.15, -0.1) is 0 Å². The van der Waals surface area contributed by atoms with Gasteiger partial charge >= 0.3 is 0 Å². The van der Waals surface area contributed by atoms with Gasteiger partial charge < -0.3 is 9.72 Å². The maximum Gasteiger partial charge on any atom is 0.0926 e. The largest absolute Gasteiger partial charge is 0.370 e. The van der Waals surface area contributed by atoms with E-state index < -0.39 is 0 Å². The number of rotatable bonds is 2. The Morgan fingerprint density at radius 1 is 1.50 bits per heavy atom. The summed E-state index contributed by atoms with van der Waals surface area (Å²) >= 11 is 0. The molecule has 0 bridgehead atoms. The third kappa shape index (κ3) is 2.66. The zero-order valence-corrected chi connectivity index (χ0v) is 8.14. The predicted molar refractivity (Wildman–Crippen MR) is 47.9 cm³/mol. The third-order valence-corrected chi connectivity index (χ3v) is 1.58. The Bertz CT molecular complexity index is 247. The predicted octanol–water partition coefficient (Wildman–Crippen LogP) is 2.03. The highest BCUT2D eigenvalue weighted by molar-refractivity contribution is 5.06. The molecule has 3 heteroatoms. The van der Waals surface area contributed by atoms with Gasteiger partial charge in [-0.05, 0) is 27.7 Å². The molecule has 0 atom stereocenters. The van der Waals surface area contributed by atoms with Crippen LogP contribution in [0.15, 0.2) is 6.33 Å². The lowest BCUT2D eigenvalue weighted by molar-refractivity contribution is -0.0165. The van der Waals surface area contributed by atoms with Crippen molar-refractivity contribution >= 4 is 0 Å². The molecule has 1 aromatic rings. The number of aryl methyl sites for hydroxylation is 1. The Balaban J connectivity index is 2.49. The van der Waals surface area contributed by atoms with Gasteiger partial charge in [-0.25, -0.2) is 4.98 Å². The standard InChI is InChI=1S/C9H16N2O/c1-7-8(11-6-10-7)5-12-9(2,3)4/h6H,5H2,1-4H3,(H,10,11). The molecular formula is C9H16N2O. The van der Waals surface area contributed by atoms with E-state index in [4.69, 9.17) is 4.74 Å². The molecule has 12 heavy (non-hydrogen) atoms. The fourth-order valence-electron chi connectivity index (χ4n) is 0.818. The van der Waals surface area contributed by atoms with E-state index in [2.05, 4.69) is 9.97 Å². The zero-order chi connectivity index (χ0) is 9.19. The van der Waals surface area contributed by atoms with Crippen molar-refractivity contribution in [2.45, 2.75) is 39.9 Å². The van der Waals surface area contributed by atoms with Crippen molar-refractivity contribution in [3.05, 3.63) is 17.7 Å². The van der Waals surface area contributed by atoms with Crippen LogP contribution >= 0.6 is 0 Å². The third-order valence-electron chi connectivity index (χ3n) is 1.58. The van der Waals surface area contributed by atoms with Crippen molar-refractivity contribution in [2.24, 2.45) is 0 Å². The molecule has 0 aliphatic heterocycles. The van der Waals surface area contributed by atoms with Gasteiger partial charge in [0.2, 0.25) is 0 Å². The maximum absolute atomic E-state index is 5.57. The molecule has 1 rings (SSSR count). The van der Waals surface area contributed by atoms with E-state index in [1.54, 1.807) is 6.33 Å². The van der Waals surface area contributed by atoms with Crippen molar-refractivity contribution in [3.63, 3.8) is 0 Å². The van der Waals surface area contributed by atoms with Gasteiger partial charge in [0.25, 0.3) is 0 Å². The molecule has 0 saturated carbocycles. The molecule has 0 saturated heterocycles. The molecule has 0 fully saturated rings. The second-order valence-corrected chi connectivity index (χ2v) is 3.88. The topological polar surface area (TPSA) is 37.9 Å². The van der Waals surface area contributed by atoms with Crippen LogP contribution in [0.5, 0.6) is 0 Å². The minimum absolute atomic E-state index is 0.0919. The molecule has 0 spiro atoms. The summed E-state index contributed by atoms with van der Waals surface area (Å²) in [6.07, 6.45) is 1.69. The SMILES string of the molecule is Cc1[nH]cnc1COC(C)(C)C. The van der Waals surface area contributed by atoms with E-state index in [0.29, 0.717) is 6.61 Å². The smallest absolute Gasteiger partial charge is 0.0926 e. The highest BCUT2D eigenvalue weighted by Crippen LogP contribution is 2.11. The van der Waals surface area contributed by atoms with Crippen LogP contribution in [0.4, 0.5) is 0 Å². The van der Waals surface area contributed by atoms with Gasteiger partial charge in [0.15, 0.2) is 0 Å². The summed E-state index contributed by atoms with van der Waals surface area (Å²) in [4.78, 5) is 7.15. The van der Waals surface area contributed by atoms with Crippen molar-refractivity contribution in [1.82, 2.24) is 9.97 Å². The van der Waals surface area contributed by atoms with E-state index in [1.165, 1.54) is 0 Å². The van der Waals surface area contributed by atoms with E-state index in [0.717, 1.165) is 11.4 Å². The first-order chi connectivity index (χ1) is 5.49. The molecule has 0 aliphatic carbocycles. The lowest BCUT2D eigenvalue weighted by atomic mass is 10.2. The fourth-order valence-corrected chi connectivity index (χ4v) is 0.818. The number of hydrogen-bond donors (Lipinski definition) is 1. The Morgan fingerprint density at radius 3 is 2.58 bits per heavy atom. The number of nitrogens with one attached hydrogen (secondary N) is 1. The van der Waals surface area contributed by atoms with Crippen LogP contribution in [-0.2, 0) is 11.3 Å². The van der Waals surface area contributed by atoms with Crippen LogP contribution in [0.1, 0.15) is 32.2 Å². The second-order valence-electron chi connectivity index (χ2n) is 3.88. The van der Waals surface area contributed by atoms with Crippen molar-refractivity contribution in [1.29, 1.82) is 0 Å². The summed E-state index contributed by atoms with van der Waals surface area (Å²) in [5, 5.41) is 0. The second kappa shape index (κ2) is 3.27. The monoisotopic (exact) mass is 168 g/mol. The lowest BCUT2D eigenvalue weighted by Gasteiger charge is -2.18. The fraction of sp³-hybridized carbons (Fsp3) is 0.667. The normalized spacial score (nSPS) is 12.0. The van der Waals surface area contributed by atoms with E-state index in [1.807, 2.05) is 27.7 Å². The van der Waals surface area contributed by atoms with Crippen molar-refractivity contribution in [2.75, 3.05) is 0 Å². The van der Waals surface area contributed by atoms with E-state index in [-0.39, 0.29) is 5.60 Å². The molecule has 0 aliphatic rings. The average molecular weight is 168 g/mol. The number of aromatic amines is 1. The van der Waals surface area contributed by atoms with E-state index in [9.17, 15) is 0 Å². The summed E-state index contributed by atoms with van der Waals surface area (Å²) in [6.45, 7) is 8.69. The average Bonchev–Trinajstić information content (AvgIpc) is 2.29. The Kier molecular flexibility index (Phi) is 2.52. The summed E-state index contributed by atoms with van der Waals surface area (Å²) in [7, 11) is 0. The van der Waals surface area contributed by atoms with Crippen LogP contribution < -0.4 is 0 Å². The minimum atomic E-state index is -0.0919. The number of ether oxygens (including phenoxy) is 1. The summed E-state index contributed by atoms with van der Waals surface area (Å²) in [6, 6.07) is 0. The van der Waals surface area contributed by atoms with Gasteiger partial charge in [0.05, 0.1) is 24.2 Å². The van der Waals surface area contributed by atoms with Gasteiger partial charge in [0.1, 0.15) is 0 Å². The number of imidazole rings is 1. The van der Waals surface area contributed by atoms with Crippen molar-refractivity contribution < 1.29 is 4.74 Å². The van der Waals surface area contributed by atoms with Crippen molar-refractivity contribution in [3.8, 4) is 0 Å². The molecule has 1 aromatic heterocycles. The maximum atomic E-state index is 5.57. The number of aromatic nitrogens is 2. The van der Waals surface area contributed by atoms with Crippen LogP contribution in [-0.4, -0.2) is 15.6 Å². The number of H-pyrrole nitrogens is 1.